The van der Waals surface area contributed by atoms with Crippen molar-refractivity contribution in [2.75, 3.05) is 11.1 Å². The van der Waals surface area contributed by atoms with Gasteiger partial charge in [0.15, 0.2) is 5.16 Å². The molecule has 0 atom stereocenters. The smallest absolute Gasteiger partial charge is 0.258 e. The molecule has 2 aliphatic rings. The van der Waals surface area contributed by atoms with Crippen molar-refractivity contribution >= 4 is 23.4 Å². The molecule has 1 saturated carbocycles. The largest absolute Gasteiger partial charge is 0.325 e. The second kappa shape index (κ2) is 9.06. The number of aromatic nitrogens is 2. The summed E-state index contributed by atoms with van der Waals surface area (Å²) in [6.07, 6.45) is 5.31. The minimum Gasteiger partial charge on any atom is -0.325 e. The Bertz CT molecular complexity index is 1320. The number of rotatable bonds is 5. The third-order valence-electron chi connectivity index (χ3n) is 7.47. The lowest BCUT2D eigenvalue weighted by atomic mass is 9.68. The number of benzene rings is 2. The molecule has 0 radical (unpaired) electrons. The molecule has 1 spiro atoms. The fraction of sp³-hybridized carbons (Fsp3) is 0.393. The number of fused-ring (bicyclic) bond motifs is 4. The summed E-state index contributed by atoms with van der Waals surface area (Å²) >= 11 is 1.34. The molecule has 1 amide bonds. The lowest BCUT2D eigenvalue weighted by molar-refractivity contribution is -0.113. The fourth-order valence-electron chi connectivity index (χ4n) is 5.58. The molecular formula is C28H31N3O2S. The number of anilines is 1. The second-order valence-electron chi connectivity index (χ2n) is 9.62. The van der Waals surface area contributed by atoms with E-state index in [1.54, 1.807) is 4.57 Å². The van der Waals surface area contributed by atoms with Crippen LogP contribution in [0.1, 0.15) is 54.9 Å². The monoisotopic (exact) mass is 473 g/mol. The van der Waals surface area contributed by atoms with E-state index in [4.69, 9.17) is 4.98 Å². The summed E-state index contributed by atoms with van der Waals surface area (Å²) < 4.78 is 1.76. The van der Waals surface area contributed by atoms with Crippen LogP contribution in [0.2, 0.25) is 0 Å². The number of nitrogens with one attached hydrogen (secondary N) is 1. The molecule has 5 nitrogen and oxygen atoms in total. The Morgan fingerprint density at radius 2 is 1.88 bits per heavy atom. The van der Waals surface area contributed by atoms with Crippen LogP contribution in [0.15, 0.2) is 52.4 Å². The van der Waals surface area contributed by atoms with E-state index in [1.807, 2.05) is 38.1 Å². The van der Waals surface area contributed by atoms with Crippen LogP contribution in [0.3, 0.4) is 0 Å². The second-order valence-corrected chi connectivity index (χ2v) is 10.6. The molecule has 2 aromatic carbocycles. The Morgan fingerprint density at radius 1 is 1.12 bits per heavy atom. The predicted octanol–water partition coefficient (Wildman–Crippen LogP) is 5.65. The highest BCUT2D eigenvalue weighted by Crippen LogP contribution is 2.49. The zero-order chi connectivity index (χ0) is 23.9. The van der Waals surface area contributed by atoms with Gasteiger partial charge in [0.25, 0.3) is 5.56 Å². The van der Waals surface area contributed by atoms with Gasteiger partial charge in [0.1, 0.15) is 0 Å². The highest BCUT2D eigenvalue weighted by molar-refractivity contribution is 7.99. The lowest BCUT2D eigenvalue weighted by Gasteiger charge is -2.36. The Balaban J connectivity index is 1.48. The predicted molar refractivity (Wildman–Crippen MR) is 139 cm³/mol. The SMILES string of the molecule is CCn1c(SCC(=O)Nc2ccc(C)c(C)c2)nc2c(c1=O)C1(CCCC1)Cc1ccccc1-2. The Hall–Kier alpha value is -2.86. The number of carbonyl (C=O) groups excluding carboxylic acids is 1. The standard InChI is InChI=1S/C28H31N3O2S/c1-4-31-26(33)24-25(22-10-6-5-9-20(22)16-28(24)13-7-8-14-28)30-27(31)34-17-23(32)29-21-12-11-18(2)19(3)15-21/h5-6,9-12,15H,4,7-8,13-14,16-17H2,1-3H3,(H,29,32). The third-order valence-corrected chi connectivity index (χ3v) is 8.44. The van der Waals surface area contributed by atoms with Crippen molar-refractivity contribution in [3.63, 3.8) is 0 Å². The molecule has 34 heavy (non-hydrogen) atoms. The number of aryl methyl sites for hydroxylation is 2. The maximum Gasteiger partial charge on any atom is 0.258 e. The normalized spacial score (nSPS) is 15.7. The number of carbonyl (C=O) groups is 1. The zero-order valence-corrected chi connectivity index (χ0v) is 20.9. The molecule has 1 N–H and O–H groups in total. The van der Waals surface area contributed by atoms with E-state index >= 15 is 0 Å². The van der Waals surface area contributed by atoms with Crippen molar-refractivity contribution < 1.29 is 4.79 Å². The Labute approximate surface area is 205 Å². The van der Waals surface area contributed by atoms with Crippen LogP contribution in [0, 0.1) is 13.8 Å². The maximum atomic E-state index is 13.9. The maximum absolute atomic E-state index is 13.9. The molecule has 0 aliphatic heterocycles. The molecule has 1 aromatic heterocycles. The summed E-state index contributed by atoms with van der Waals surface area (Å²) in [6, 6.07) is 14.3. The van der Waals surface area contributed by atoms with Crippen LogP contribution in [0.4, 0.5) is 5.69 Å². The number of thioether (sulfide) groups is 1. The average Bonchev–Trinajstić information content (AvgIpc) is 3.28. The Kier molecular flexibility index (Phi) is 6.11. The molecular weight excluding hydrogens is 442 g/mol. The lowest BCUT2D eigenvalue weighted by Crippen LogP contribution is -2.40. The molecule has 0 unspecified atom stereocenters. The van der Waals surface area contributed by atoms with Gasteiger partial charge in [-0.15, -0.1) is 0 Å². The Morgan fingerprint density at radius 3 is 2.62 bits per heavy atom. The number of hydrogen-bond donors (Lipinski definition) is 1. The molecule has 0 bridgehead atoms. The quantitative estimate of drug-likeness (QED) is 0.384. The van der Waals surface area contributed by atoms with Crippen LogP contribution < -0.4 is 10.9 Å². The minimum atomic E-state index is -0.103. The minimum absolute atomic E-state index is 0.0703. The average molecular weight is 474 g/mol. The van der Waals surface area contributed by atoms with E-state index in [1.165, 1.54) is 22.9 Å². The van der Waals surface area contributed by atoms with E-state index in [9.17, 15) is 9.59 Å². The summed E-state index contributed by atoms with van der Waals surface area (Å²) in [5.41, 5.74) is 7.16. The van der Waals surface area contributed by atoms with E-state index in [0.717, 1.165) is 60.2 Å². The van der Waals surface area contributed by atoms with E-state index < -0.39 is 0 Å². The van der Waals surface area contributed by atoms with Gasteiger partial charge in [-0.05, 0) is 68.9 Å². The van der Waals surface area contributed by atoms with Crippen LogP contribution >= 0.6 is 11.8 Å². The highest BCUT2D eigenvalue weighted by Gasteiger charge is 2.44. The molecule has 2 aliphatic carbocycles. The fourth-order valence-corrected chi connectivity index (χ4v) is 6.44. The number of amides is 1. The van der Waals surface area contributed by atoms with Crippen molar-refractivity contribution in [3.05, 3.63) is 75.1 Å². The first-order chi connectivity index (χ1) is 16.4. The first-order valence-electron chi connectivity index (χ1n) is 12.2. The zero-order valence-electron chi connectivity index (χ0n) is 20.1. The summed E-state index contributed by atoms with van der Waals surface area (Å²) in [4.78, 5) is 31.6. The highest BCUT2D eigenvalue weighted by atomic mass is 32.2. The summed E-state index contributed by atoms with van der Waals surface area (Å²) in [5, 5.41) is 3.59. The van der Waals surface area contributed by atoms with Gasteiger partial charge in [-0.25, -0.2) is 4.98 Å². The van der Waals surface area contributed by atoms with Crippen LogP contribution in [-0.4, -0.2) is 21.2 Å². The molecule has 1 heterocycles. The van der Waals surface area contributed by atoms with Gasteiger partial charge in [-0.2, -0.15) is 0 Å². The van der Waals surface area contributed by atoms with Crippen molar-refractivity contribution in [1.82, 2.24) is 9.55 Å². The summed E-state index contributed by atoms with van der Waals surface area (Å²) in [5.74, 6) is 0.0980. The van der Waals surface area contributed by atoms with Gasteiger partial charge in [0, 0.05) is 23.2 Å². The van der Waals surface area contributed by atoms with E-state index in [0.29, 0.717) is 11.7 Å². The van der Waals surface area contributed by atoms with Gasteiger partial charge in [0.2, 0.25) is 5.91 Å². The van der Waals surface area contributed by atoms with Crippen molar-refractivity contribution in [2.24, 2.45) is 0 Å². The first kappa shape index (κ1) is 22.9. The van der Waals surface area contributed by atoms with Gasteiger partial charge in [-0.1, -0.05) is 54.9 Å². The number of nitrogens with zero attached hydrogens (tertiary/aromatic N) is 2. The molecule has 0 saturated heterocycles. The van der Waals surface area contributed by atoms with Crippen molar-refractivity contribution in [2.45, 2.75) is 70.0 Å². The van der Waals surface area contributed by atoms with Gasteiger partial charge in [0.05, 0.1) is 17.0 Å². The van der Waals surface area contributed by atoms with E-state index in [2.05, 4.69) is 30.4 Å². The first-order valence-corrected chi connectivity index (χ1v) is 13.1. The van der Waals surface area contributed by atoms with Crippen LogP contribution in [0.25, 0.3) is 11.3 Å². The molecule has 6 heteroatoms. The number of hydrogen-bond acceptors (Lipinski definition) is 4. The molecule has 3 aromatic rings. The van der Waals surface area contributed by atoms with Gasteiger partial charge >= 0.3 is 0 Å². The van der Waals surface area contributed by atoms with Crippen molar-refractivity contribution in [1.29, 1.82) is 0 Å². The summed E-state index contributed by atoms with van der Waals surface area (Å²) in [7, 11) is 0. The van der Waals surface area contributed by atoms with Crippen LogP contribution in [0.5, 0.6) is 0 Å². The summed E-state index contributed by atoms with van der Waals surface area (Å²) in [6.45, 7) is 6.60. The van der Waals surface area contributed by atoms with Crippen LogP contribution in [-0.2, 0) is 23.2 Å². The van der Waals surface area contributed by atoms with Gasteiger partial charge < -0.3 is 5.32 Å². The van der Waals surface area contributed by atoms with Gasteiger partial charge in [-0.3, -0.25) is 14.2 Å². The van der Waals surface area contributed by atoms with E-state index in [-0.39, 0.29) is 22.6 Å². The molecule has 176 valence electrons. The topological polar surface area (TPSA) is 64.0 Å². The molecule has 5 rings (SSSR count). The van der Waals surface area contributed by atoms with Crippen molar-refractivity contribution in [3.8, 4) is 11.3 Å². The third kappa shape index (κ3) is 3.98. The molecule has 1 fully saturated rings.